The molecule has 1 fully saturated rings. The molecule has 1 aliphatic rings. The van der Waals surface area contributed by atoms with Gasteiger partial charge in [-0.2, -0.15) is 0 Å². The standard InChI is InChI=1S/C18H23NO2/c1-4-18(3,19-10-5-6-11-19)17(20)15-12-14-9-7-8-13(2)16(14)21-15/h7-9,12H,4-6,10-11H2,1-3H3. The third kappa shape index (κ3) is 2.30. The van der Waals surface area contributed by atoms with Crippen LogP contribution in [0, 0.1) is 6.92 Å². The molecule has 112 valence electrons. The third-order valence-corrected chi connectivity index (χ3v) is 4.95. The number of aryl methyl sites for hydroxylation is 1. The lowest BCUT2D eigenvalue weighted by molar-refractivity contribution is 0.0620. The minimum absolute atomic E-state index is 0.113. The molecule has 1 unspecified atom stereocenters. The van der Waals surface area contributed by atoms with Gasteiger partial charge in [0, 0.05) is 5.39 Å². The fraction of sp³-hybridized carbons (Fsp3) is 0.500. The lowest BCUT2D eigenvalue weighted by atomic mass is 9.89. The lowest BCUT2D eigenvalue weighted by Gasteiger charge is -2.35. The van der Waals surface area contributed by atoms with Crippen molar-refractivity contribution in [2.45, 2.75) is 45.6 Å². The number of hydrogen-bond donors (Lipinski definition) is 0. The Morgan fingerprint density at radius 1 is 1.33 bits per heavy atom. The number of carbonyl (C=O) groups is 1. The predicted molar refractivity (Wildman–Crippen MR) is 84.8 cm³/mol. The van der Waals surface area contributed by atoms with E-state index in [2.05, 4.69) is 18.7 Å². The summed E-state index contributed by atoms with van der Waals surface area (Å²) in [6, 6.07) is 7.91. The molecule has 3 nitrogen and oxygen atoms in total. The number of furan rings is 1. The average Bonchev–Trinajstić information content (AvgIpc) is 3.15. The summed E-state index contributed by atoms with van der Waals surface area (Å²) in [5, 5.41) is 1.01. The summed E-state index contributed by atoms with van der Waals surface area (Å²) in [6.45, 7) is 8.18. The van der Waals surface area contributed by atoms with Crippen LogP contribution in [0.2, 0.25) is 0 Å². The molecule has 0 aliphatic carbocycles. The Kier molecular flexibility index (Phi) is 3.62. The second-order valence-electron chi connectivity index (χ2n) is 6.25. The van der Waals surface area contributed by atoms with Crippen molar-refractivity contribution in [1.29, 1.82) is 0 Å². The predicted octanol–water partition coefficient (Wildman–Crippen LogP) is 4.19. The minimum Gasteiger partial charge on any atom is -0.453 e. The summed E-state index contributed by atoms with van der Waals surface area (Å²) >= 11 is 0. The zero-order chi connectivity index (χ0) is 15.0. The summed E-state index contributed by atoms with van der Waals surface area (Å²) in [7, 11) is 0. The second-order valence-corrected chi connectivity index (χ2v) is 6.25. The van der Waals surface area contributed by atoms with Gasteiger partial charge in [-0.1, -0.05) is 25.1 Å². The van der Waals surface area contributed by atoms with Crippen molar-refractivity contribution in [3.05, 3.63) is 35.6 Å². The molecule has 2 heterocycles. The molecule has 0 spiro atoms. The maximum absolute atomic E-state index is 13.0. The van der Waals surface area contributed by atoms with Gasteiger partial charge in [0.15, 0.2) is 5.76 Å². The van der Waals surface area contributed by atoms with E-state index in [-0.39, 0.29) is 5.78 Å². The van der Waals surface area contributed by atoms with Crippen molar-refractivity contribution in [3.8, 4) is 0 Å². The van der Waals surface area contributed by atoms with Gasteiger partial charge >= 0.3 is 0 Å². The van der Waals surface area contributed by atoms with Crippen LogP contribution >= 0.6 is 0 Å². The van der Waals surface area contributed by atoms with Crippen LogP contribution in [0.25, 0.3) is 11.0 Å². The first-order valence-electron chi connectivity index (χ1n) is 7.85. The lowest BCUT2D eigenvalue weighted by Crippen LogP contribution is -2.50. The van der Waals surface area contributed by atoms with Crippen LogP contribution in [-0.4, -0.2) is 29.3 Å². The highest BCUT2D eigenvalue weighted by Gasteiger charge is 2.40. The largest absolute Gasteiger partial charge is 0.453 e. The SMILES string of the molecule is CCC(C)(C(=O)c1cc2cccc(C)c2o1)N1CCCC1. The van der Waals surface area contributed by atoms with Crippen LogP contribution in [0.3, 0.4) is 0 Å². The highest BCUT2D eigenvalue weighted by molar-refractivity contribution is 6.03. The van der Waals surface area contributed by atoms with E-state index < -0.39 is 5.54 Å². The first-order chi connectivity index (χ1) is 10.1. The Morgan fingerprint density at radius 2 is 2.05 bits per heavy atom. The number of para-hydroxylation sites is 1. The number of likely N-dealkylation sites (tertiary alicyclic amines) is 1. The smallest absolute Gasteiger partial charge is 0.217 e. The normalized spacial score (nSPS) is 19.0. The molecular formula is C18H23NO2. The topological polar surface area (TPSA) is 33.5 Å². The van der Waals surface area contributed by atoms with Crippen molar-refractivity contribution in [2.24, 2.45) is 0 Å². The second kappa shape index (κ2) is 5.30. The van der Waals surface area contributed by atoms with E-state index in [1.54, 1.807) is 0 Å². The number of rotatable bonds is 4. The molecule has 1 aromatic carbocycles. The first kappa shape index (κ1) is 14.3. The van der Waals surface area contributed by atoms with Crippen LogP contribution in [0.5, 0.6) is 0 Å². The fourth-order valence-electron chi connectivity index (χ4n) is 3.32. The zero-order valence-corrected chi connectivity index (χ0v) is 13.1. The van der Waals surface area contributed by atoms with Gasteiger partial charge < -0.3 is 4.42 Å². The quantitative estimate of drug-likeness (QED) is 0.790. The van der Waals surface area contributed by atoms with E-state index in [0.29, 0.717) is 5.76 Å². The number of Topliss-reactive ketones (excluding diaryl/α,β-unsaturated/α-hetero) is 1. The Morgan fingerprint density at radius 3 is 2.67 bits per heavy atom. The Labute approximate surface area is 125 Å². The molecule has 0 bridgehead atoms. The molecular weight excluding hydrogens is 262 g/mol. The molecule has 1 saturated heterocycles. The summed E-state index contributed by atoms with van der Waals surface area (Å²) < 4.78 is 5.89. The summed E-state index contributed by atoms with van der Waals surface area (Å²) in [6.07, 6.45) is 3.17. The highest BCUT2D eigenvalue weighted by Crippen LogP contribution is 2.31. The maximum atomic E-state index is 13.0. The van der Waals surface area contributed by atoms with Gasteiger partial charge in [0.05, 0.1) is 5.54 Å². The van der Waals surface area contributed by atoms with Gasteiger partial charge in [-0.3, -0.25) is 9.69 Å². The molecule has 1 atom stereocenters. The monoisotopic (exact) mass is 285 g/mol. The minimum atomic E-state index is -0.446. The molecule has 0 N–H and O–H groups in total. The molecule has 0 saturated carbocycles. The molecule has 21 heavy (non-hydrogen) atoms. The number of ketones is 1. The molecule has 0 radical (unpaired) electrons. The van der Waals surface area contributed by atoms with Crippen molar-refractivity contribution < 1.29 is 9.21 Å². The van der Waals surface area contributed by atoms with E-state index >= 15 is 0 Å². The molecule has 1 aromatic heterocycles. The van der Waals surface area contributed by atoms with Crippen LogP contribution in [0.15, 0.2) is 28.7 Å². The fourth-order valence-corrected chi connectivity index (χ4v) is 3.32. The van der Waals surface area contributed by atoms with E-state index in [9.17, 15) is 4.79 Å². The van der Waals surface area contributed by atoms with Gasteiger partial charge in [-0.05, 0) is 57.8 Å². The van der Waals surface area contributed by atoms with Crippen molar-refractivity contribution >= 4 is 16.8 Å². The third-order valence-electron chi connectivity index (χ3n) is 4.95. The number of fused-ring (bicyclic) bond motifs is 1. The van der Waals surface area contributed by atoms with E-state index in [1.165, 1.54) is 12.8 Å². The van der Waals surface area contributed by atoms with Gasteiger partial charge in [-0.25, -0.2) is 0 Å². The van der Waals surface area contributed by atoms with Crippen molar-refractivity contribution in [1.82, 2.24) is 4.90 Å². The Balaban J connectivity index is 2.00. The van der Waals surface area contributed by atoms with Gasteiger partial charge in [0.2, 0.25) is 5.78 Å². The van der Waals surface area contributed by atoms with Gasteiger partial charge in [0.1, 0.15) is 5.58 Å². The maximum Gasteiger partial charge on any atom is 0.217 e. The average molecular weight is 285 g/mol. The number of nitrogens with zero attached hydrogens (tertiary/aromatic N) is 1. The summed E-state index contributed by atoms with van der Waals surface area (Å²) in [5.74, 6) is 0.609. The van der Waals surface area contributed by atoms with E-state index in [1.807, 2.05) is 31.2 Å². The van der Waals surface area contributed by atoms with Gasteiger partial charge in [-0.15, -0.1) is 0 Å². The first-order valence-corrected chi connectivity index (χ1v) is 7.85. The number of benzene rings is 1. The molecule has 1 aliphatic heterocycles. The van der Waals surface area contributed by atoms with Crippen LogP contribution in [-0.2, 0) is 0 Å². The summed E-state index contributed by atoms with van der Waals surface area (Å²) in [4.78, 5) is 15.3. The van der Waals surface area contributed by atoms with Crippen LogP contribution < -0.4 is 0 Å². The summed E-state index contributed by atoms with van der Waals surface area (Å²) in [5.41, 5.74) is 1.46. The van der Waals surface area contributed by atoms with E-state index in [0.717, 1.165) is 36.0 Å². The molecule has 3 heteroatoms. The van der Waals surface area contributed by atoms with Crippen LogP contribution in [0.1, 0.15) is 49.2 Å². The Hall–Kier alpha value is -1.61. The molecule has 3 rings (SSSR count). The van der Waals surface area contributed by atoms with Crippen molar-refractivity contribution in [2.75, 3.05) is 13.1 Å². The molecule has 0 amide bonds. The number of hydrogen-bond acceptors (Lipinski definition) is 3. The highest BCUT2D eigenvalue weighted by atomic mass is 16.3. The number of carbonyl (C=O) groups excluding carboxylic acids is 1. The van der Waals surface area contributed by atoms with Crippen LogP contribution in [0.4, 0.5) is 0 Å². The molecule has 2 aromatic rings. The van der Waals surface area contributed by atoms with Gasteiger partial charge in [0.25, 0.3) is 0 Å². The van der Waals surface area contributed by atoms with Crippen molar-refractivity contribution in [3.63, 3.8) is 0 Å². The van der Waals surface area contributed by atoms with E-state index in [4.69, 9.17) is 4.42 Å². The zero-order valence-electron chi connectivity index (χ0n) is 13.1. The Bertz CT molecular complexity index is 667.